The summed E-state index contributed by atoms with van der Waals surface area (Å²) in [6, 6.07) is 18.5. The maximum Gasteiger partial charge on any atom is 0.163 e. The highest BCUT2D eigenvalue weighted by Crippen LogP contribution is 2.25. The first-order valence-corrected chi connectivity index (χ1v) is 10.5. The number of nitrogens with zero attached hydrogens (tertiary/aromatic N) is 1. The van der Waals surface area contributed by atoms with E-state index in [-0.39, 0.29) is 12.2 Å². The smallest absolute Gasteiger partial charge is 0.163 e. The first-order valence-electron chi connectivity index (χ1n) is 10.5. The van der Waals surface area contributed by atoms with Gasteiger partial charge in [0, 0.05) is 26.2 Å². The van der Waals surface area contributed by atoms with Gasteiger partial charge in [0.15, 0.2) is 6.29 Å². The molecule has 28 heavy (non-hydrogen) atoms. The molecule has 0 saturated heterocycles. The minimum atomic E-state index is -0.194. The second-order valence-electron chi connectivity index (χ2n) is 8.12. The second-order valence-corrected chi connectivity index (χ2v) is 8.12. The van der Waals surface area contributed by atoms with Crippen molar-refractivity contribution in [2.45, 2.75) is 57.3 Å². The van der Waals surface area contributed by atoms with Crippen molar-refractivity contribution in [3.63, 3.8) is 0 Å². The first kappa shape index (κ1) is 21.0. The Kier molecular flexibility index (Phi) is 7.66. The van der Waals surface area contributed by atoms with Gasteiger partial charge in [0.2, 0.25) is 0 Å². The van der Waals surface area contributed by atoms with Crippen LogP contribution in [0.3, 0.4) is 0 Å². The average Bonchev–Trinajstić information content (AvgIpc) is 2.74. The molecule has 2 atom stereocenters. The van der Waals surface area contributed by atoms with Crippen LogP contribution in [0.15, 0.2) is 48.5 Å². The summed E-state index contributed by atoms with van der Waals surface area (Å²) < 4.78 is 10.8. The summed E-state index contributed by atoms with van der Waals surface area (Å²) >= 11 is 0. The zero-order valence-corrected chi connectivity index (χ0v) is 17.9. The molecule has 0 saturated carbocycles. The van der Waals surface area contributed by atoms with Crippen molar-refractivity contribution >= 4 is 0 Å². The third-order valence-electron chi connectivity index (χ3n) is 6.30. The molecule has 3 nitrogen and oxygen atoms in total. The predicted molar refractivity (Wildman–Crippen MR) is 116 cm³/mol. The van der Waals surface area contributed by atoms with Crippen molar-refractivity contribution in [1.82, 2.24) is 4.90 Å². The Bertz CT molecular complexity index is 724. The van der Waals surface area contributed by atoms with Gasteiger partial charge in [-0.3, -0.25) is 0 Å². The number of methoxy groups -OCH3 is 2. The van der Waals surface area contributed by atoms with Crippen LogP contribution in [0.4, 0.5) is 0 Å². The van der Waals surface area contributed by atoms with Crippen LogP contribution in [0.2, 0.25) is 0 Å². The largest absolute Gasteiger partial charge is 0.355 e. The lowest BCUT2D eigenvalue weighted by atomic mass is 9.87. The van der Waals surface area contributed by atoms with Gasteiger partial charge in [-0.25, -0.2) is 0 Å². The topological polar surface area (TPSA) is 21.7 Å². The number of ether oxygens (including phenoxy) is 2. The SMILES string of the molecule is COC(OC)[C@@H](C)c1ccc(CCCN(C)[C@H]2CCc3ccccc3C2)cc1. The third-order valence-corrected chi connectivity index (χ3v) is 6.30. The quantitative estimate of drug-likeness (QED) is 0.581. The number of hydrogen-bond acceptors (Lipinski definition) is 3. The number of benzene rings is 2. The fraction of sp³-hybridized carbons (Fsp3) is 0.520. The van der Waals surface area contributed by atoms with Crippen LogP contribution < -0.4 is 0 Å². The van der Waals surface area contributed by atoms with Crippen LogP contribution in [-0.2, 0) is 28.7 Å². The Morgan fingerprint density at radius 2 is 1.68 bits per heavy atom. The van der Waals surface area contributed by atoms with E-state index in [9.17, 15) is 0 Å². The summed E-state index contributed by atoms with van der Waals surface area (Å²) in [5.74, 6) is 0.226. The van der Waals surface area contributed by atoms with E-state index >= 15 is 0 Å². The molecule has 0 fully saturated rings. The Morgan fingerprint density at radius 3 is 2.36 bits per heavy atom. The van der Waals surface area contributed by atoms with Crippen LogP contribution in [0.5, 0.6) is 0 Å². The number of rotatable bonds is 9. The van der Waals surface area contributed by atoms with Gasteiger partial charge in [-0.2, -0.15) is 0 Å². The Hall–Kier alpha value is -1.68. The Balaban J connectivity index is 1.46. The van der Waals surface area contributed by atoms with Crippen LogP contribution in [0, 0.1) is 0 Å². The predicted octanol–water partition coefficient (Wildman–Crippen LogP) is 4.83. The molecular weight excluding hydrogens is 346 g/mol. The van der Waals surface area contributed by atoms with E-state index in [2.05, 4.69) is 67.4 Å². The molecule has 1 aliphatic carbocycles. The summed E-state index contributed by atoms with van der Waals surface area (Å²) in [6.45, 7) is 3.30. The Labute approximate surface area is 170 Å². The lowest BCUT2D eigenvalue weighted by Gasteiger charge is -2.32. The van der Waals surface area contributed by atoms with Crippen LogP contribution in [0.1, 0.15) is 47.9 Å². The fourth-order valence-corrected chi connectivity index (χ4v) is 4.42. The molecule has 3 heteroatoms. The zero-order chi connectivity index (χ0) is 19.9. The van der Waals surface area contributed by atoms with Gasteiger partial charge >= 0.3 is 0 Å². The van der Waals surface area contributed by atoms with Gasteiger partial charge < -0.3 is 14.4 Å². The van der Waals surface area contributed by atoms with E-state index in [4.69, 9.17) is 9.47 Å². The highest BCUT2D eigenvalue weighted by atomic mass is 16.7. The molecule has 0 aliphatic heterocycles. The summed E-state index contributed by atoms with van der Waals surface area (Å²) in [4.78, 5) is 2.56. The van der Waals surface area contributed by atoms with E-state index in [1.54, 1.807) is 25.3 Å². The Morgan fingerprint density at radius 1 is 1.00 bits per heavy atom. The van der Waals surface area contributed by atoms with Crippen molar-refractivity contribution in [3.8, 4) is 0 Å². The van der Waals surface area contributed by atoms with Crippen LogP contribution in [0.25, 0.3) is 0 Å². The van der Waals surface area contributed by atoms with E-state index in [0.717, 1.165) is 13.0 Å². The number of likely N-dealkylation sites (N-methyl/N-ethyl adjacent to an activating group) is 1. The number of hydrogen-bond donors (Lipinski definition) is 0. The van der Waals surface area contributed by atoms with Crippen molar-refractivity contribution in [2.75, 3.05) is 27.8 Å². The monoisotopic (exact) mass is 381 g/mol. The van der Waals surface area contributed by atoms with E-state index in [1.165, 1.54) is 36.8 Å². The third kappa shape index (κ3) is 5.22. The van der Waals surface area contributed by atoms with Crippen molar-refractivity contribution in [1.29, 1.82) is 0 Å². The fourth-order valence-electron chi connectivity index (χ4n) is 4.42. The molecule has 152 valence electrons. The number of aryl methyl sites for hydroxylation is 2. The normalized spacial score (nSPS) is 17.7. The van der Waals surface area contributed by atoms with Crippen LogP contribution >= 0.6 is 0 Å². The number of fused-ring (bicyclic) bond motifs is 1. The summed E-state index contributed by atoms with van der Waals surface area (Å²) in [5, 5.41) is 0. The summed E-state index contributed by atoms with van der Waals surface area (Å²) in [5.41, 5.74) is 5.76. The molecule has 0 bridgehead atoms. The van der Waals surface area contributed by atoms with Crippen molar-refractivity contribution in [2.24, 2.45) is 0 Å². The molecule has 0 aromatic heterocycles. The molecular formula is C25H35NO2. The van der Waals surface area contributed by atoms with Crippen LogP contribution in [-0.4, -0.2) is 45.0 Å². The van der Waals surface area contributed by atoms with Gasteiger partial charge in [-0.1, -0.05) is 55.5 Å². The van der Waals surface area contributed by atoms with Gasteiger partial charge in [0.05, 0.1) is 0 Å². The zero-order valence-electron chi connectivity index (χ0n) is 17.9. The lowest BCUT2D eigenvalue weighted by Crippen LogP contribution is -2.37. The van der Waals surface area contributed by atoms with Crippen molar-refractivity contribution in [3.05, 3.63) is 70.8 Å². The minimum Gasteiger partial charge on any atom is -0.355 e. The molecule has 0 N–H and O–H groups in total. The molecule has 0 amide bonds. The molecule has 1 aliphatic rings. The van der Waals surface area contributed by atoms with Gasteiger partial charge in [-0.15, -0.1) is 0 Å². The summed E-state index contributed by atoms with van der Waals surface area (Å²) in [6.07, 6.45) is 5.82. The van der Waals surface area contributed by atoms with E-state index in [1.807, 2.05) is 0 Å². The molecule has 0 unspecified atom stereocenters. The molecule has 2 aromatic carbocycles. The second kappa shape index (κ2) is 10.2. The maximum absolute atomic E-state index is 5.39. The maximum atomic E-state index is 5.39. The highest BCUT2D eigenvalue weighted by Gasteiger charge is 2.21. The van der Waals surface area contributed by atoms with E-state index in [0.29, 0.717) is 6.04 Å². The van der Waals surface area contributed by atoms with Gasteiger partial charge in [0.25, 0.3) is 0 Å². The standard InChI is InChI=1S/C25H35NO2/c1-19(25(27-3)28-4)21-13-11-20(12-14-21)8-7-17-26(2)24-16-15-22-9-5-6-10-23(22)18-24/h5-6,9-14,19,24-25H,7-8,15-18H2,1-4H3/t19-,24-/m0/s1. The lowest BCUT2D eigenvalue weighted by molar-refractivity contribution is -0.115. The summed E-state index contributed by atoms with van der Waals surface area (Å²) in [7, 11) is 5.68. The van der Waals surface area contributed by atoms with E-state index < -0.39 is 0 Å². The first-order chi connectivity index (χ1) is 13.6. The molecule has 0 radical (unpaired) electrons. The minimum absolute atomic E-state index is 0.194. The van der Waals surface area contributed by atoms with Gasteiger partial charge in [0.1, 0.15) is 0 Å². The molecule has 0 spiro atoms. The average molecular weight is 382 g/mol. The highest BCUT2D eigenvalue weighted by molar-refractivity contribution is 5.30. The van der Waals surface area contributed by atoms with Gasteiger partial charge in [-0.05, 0) is 68.0 Å². The van der Waals surface area contributed by atoms with Crippen molar-refractivity contribution < 1.29 is 9.47 Å². The molecule has 2 aromatic rings. The molecule has 0 heterocycles. The molecule has 3 rings (SSSR count).